The van der Waals surface area contributed by atoms with Gasteiger partial charge in [-0.05, 0) is 35.9 Å². The molecule has 33 heavy (non-hydrogen) atoms. The Kier molecular flexibility index (Phi) is 6.24. The number of benzene rings is 3. The van der Waals surface area contributed by atoms with E-state index in [1.54, 1.807) is 60.7 Å². The van der Waals surface area contributed by atoms with E-state index < -0.39 is 11.8 Å². The number of nitrogens with one attached hydrogen (secondary N) is 1. The third kappa shape index (κ3) is 4.10. The smallest absolute Gasteiger partial charge is 0.282 e. The van der Waals surface area contributed by atoms with Crippen LogP contribution in [0.2, 0.25) is 5.02 Å². The van der Waals surface area contributed by atoms with Crippen molar-refractivity contribution in [3.05, 3.63) is 83.0 Å². The molecule has 168 valence electrons. The van der Waals surface area contributed by atoms with Gasteiger partial charge < -0.3 is 19.5 Å². The molecule has 2 amide bonds. The summed E-state index contributed by atoms with van der Waals surface area (Å²) in [6.45, 7) is 0. The van der Waals surface area contributed by atoms with Crippen LogP contribution in [-0.4, -0.2) is 33.1 Å². The monoisotopic (exact) mass is 464 g/mol. The SMILES string of the molecule is COc1ccc(Cl)cc1NC1=C(c2ccccc2)C(=O)N(c2ccc(OC)c(OC)c2)C1=O. The molecule has 7 nitrogen and oxygen atoms in total. The predicted octanol–water partition coefficient (Wildman–Crippen LogP) is 4.76. The van der Waals surface area contributed by atoms with Crippen LogP contribution in [0.3, 0.4) is 0 Å². The summed E-state index contributed by atoms with van der Waals surface area (Å²) in [6, 6.07) is 18.8. The lowest BCUT2D eigenvalue weighted by atomic mass is 10.0. The molecule has 0 unspecified atom stereocenters. The molecule has 3 aromatic rings. The number of carbonyl (C=O) groups is 2. The van der Waals surface area contributed by atoms with Crippen LogP contribution in [0.1, 0.15) is 5.56 Å². The molecular weight excluding hydrogens is 444 g/mol. The fraction of sp³-hybridized carbons (Fsp3) is 0.120. The summed E-state index contributed by atoms with van der Waals surface area (Å²) in [5.41, 5.74) is 1.76. The quantitative estimate of drug-likeness (QED) is 0.508. The molecule has 0 aromatic heterocycles. The number of imide groups is 1. The van der Waals surface area contributed by atoms with Gasteiger partial charge in [0.15, 0.2) is 11.5 Å². The lowest BCUT2D eigenvalue weighted by Crippen LogP contribution is -2.32. The predicted molar refractivity (Wildman–Crippen MR) is 127 cm³/mol. The first-order chi connectivity index (χ1) is 16.0. The zero-order chi connectivity index (χ0) is 23.5. The number of amides is 2. The second-order valence-corrected chi connectivity index (χ2v) is 7.51. The summed E-state index contributed by atoms with van der Waals surface area (Å²) in [5.74, 6) is 0.368. The minimum Gasteiger partial charge on any atom is -0.495 e. The number of ether oxygens (including phenoxy) is 3. The zero-order valence-electron chi connectivity index (χ0n) is 18.2. The number of carbonyl (C=O) groups excluding carboxylic acids is 2. The molecule has 0 radical (unpaired) electrons. The molecule has 1 aliphatic heterocycles. The van der Waals surface area contributed by atoms with Crippen molar-refractivity contribution in [2.45, 2.75) is 0 Å². The normalized spacial score (nSPS) is 13.4. The lowest BCUT2D eigenvalue weighted by molar-refractivity contribution is -0.120. The first-order valence-electron chi connectivity index (χ1n) is 9.99. The van der Waals surface area contributed by atoms with Gasteiger partial charge in [0.1, 0.15) is 11.4 Å². The summed E-state index contributed by atoms with van der Waals surface area (Å²) < 4.78 is 16.0. The number of hydrogen-bond donors (Lipinski definition) is 1. The largest absolute Gasteiger partial charge is 0.495 e. The maximum atomic E-state index is 13.6. The molecule has 8 heteroatoms. The molecule has 4 rings (SSSR count). The van der Waals surface area contributed by atoms with E-state index in [0.717, 1.165) is 4.90 Å². The van der Waals surface area contributed by atoms with Crippen LogP contribution >= 0.6 is 11.6 Å². The van der Waals surface area contributed by atoms with E-state index in [0.29, 0.717) is 39.2 Å². The standard InChI is InChI=1S/C25H21ClN2O5/c1-31-19-11-9-16(26)13-18(19)27-23-22(15-7-5-4-6-8-15)24(29)28(25(23)30)17-10-12-20(32-2)21(14-17)33-3/h4-14,27H,1-3H3. The molecule has 0 saturated heterocycles. The van der Waals surface area contributed by atoms with Crippen molar-refractivity contribution < 1.29 is 23.8 Å². The molecule has 0 fully saturated rings. The molecule has 0 atom stereocenters. The minimum absolute atomic E-state index is 0.113. The topological polar surface area (TPSA) is 77.1 Å². The van der Waals surface area contributed by atoms with Gasteiger partial charge in [0, 0.05) is 11.1 Å². The lowest BCUT2D eigenvalue weighted by Gasteiger charge is -2.18. The number of anilines is 2. The Labute approximate surface area is 196 Å². The van der Waals surface area contributed by atoms with E-state index in [2.05, 4.69) is 5.32 Å². The summed E-state index contributed by atoms with van der Waals surface area (Å²) >= 11 is 6.16. The van der Waals surface area contributed by atoms with Crippen LogP contribution in [0.5, 0.6) is 17.2 Å². The highest BCUT2D eigenvalue weighted by atomic mass is 35.5. The van der Waals surface area contributed by atoms with Gasteiger partial charge in [0.2, 0.25) is 0 Å². The van der Waals surface area contributed by atoms with Crippen molar-refractivity contribution in [2.24, 2.45) is 0 Å². The van der Waals surface area contributed by atoms with Gasteiger partial charge in [-0.2, -0.15) is 0 Å². The fourth-order valence-corrected chi connectivity index (χ4v) is 3.80. The number of hydrogen-bond acceptors (Lipinski definition) is 6. The van der Waals surface area contributed by atoms with Gasteiger partial charge in [-0.3, -0.25) is 9.59 Å². The van der Waals surface area contributed by atoms with E-state index in [4.69, 9.17) is 25.8 Å². The molecule has 0 aliphatic carbocycles. The Hall–Kier alpha value is -3.97. The van der Waals surface area contributed by atoms with Crippen LogP contribution in [0.4, 0.5) is 11.4 Å². The molecule has 3 aromatic carbocycles. The van der Waals surface area contributed by atoms with Crippen molar-refractivity contribution in [1.82, 2.24) is 0 Å². The van der Waals surface area contributed by atoms with Crippen molar-refractivity contribution >= 4 is 40.4 Å². The van der Waals surface area contributed by atoms with Crippen molar-refractivity contribution in [3.63, 3.8) is 0 Å². The van der Waals surface area contributed by atoms with Crippen LogP contribution < -0.4 is 24.4 Å². The number of nitrogens with zero attached hydrogens (tertiary/aromatic N) is 1. The second kappa shape index (κ2) is 9.26. The van der Waals surface area contributed by atoms with Crippen LogP contribution in [0.15, 0.2) is 72.4 Å². The van der Waals surface area contributed by atoms with Gasteiger partial charge in [-0.15, -0.1) is 0 Å². The highest BCUT2D eigenvalue weighted by Gasteiger charge is 2.40. The Bertz CT molecular complexity index is 1260. The van der Waals surface area contributed by atoms with E-state index in [1.165, 1.54) is 21.3 Å². The summed E-state index contributed by atoms with van der Waals surface area (Å²) in [7, 11) is 4.51. The van der Waals surface area contributed by atoms with Gasteiger partial charge in [0.25, 0.3) is 11.8 Å². The molecular formula is C25H21ClN2O5. The van der Waals surface area contributed by atoms with Crippen molar-refractivity contribution in [2.75, 3.05) is 31.5 Å². The van der Waals surface area contributed by atoms with Gasteiger partial charge in [-0.25, -0.2) is 4.90 Å². The van der Waals surface area contributed by atoms with E-state index >= 15 is 0 Å². The molecule has 1 aliphatic rings. The molecule has 0 bridgehead atoms. The Morgan fingerprint density at radius 3 is 2.09 bits per heavy atom. The Morgan fingerprint density at radius 1 is 0.758 bits per heavy atom. The molecule has 0 spiro atoms. The summed E-state index contributed by atoms with van der Waals surface area (Å²) in [4.78, 5) is 28.3. The molecule has 0 saturated carbocycles. The fourth-order valence-electron chi connectivity index (χ4n) is 3.63. The van der Waals surface area contributed by atoms with Crippen LogP contribution in [0.25, 0.3) is 5.57 Å². The minimum atomic E-state index is -0.520. The highest BCUT2D eigenvalue weighted by molar-refractivity contribution is 6.46. The Morgan fingerprint density at radius 2 is 1.42 bits per heavy atom. The first kappa shape index (κ1) is 22.2. The van der Waals surface area contributed by atoms with E-state index in [-0.39, 0.29) is 11.3 Å². The first-order valence-corrected chi connectivity index (χ1v) is 10.4. The third-order valence-electron chi connectivity index (χ3n) is 5.19. The van der Waals surface area contributed by atoms with Gasteiger partial charge >= 0.3 is 0 Å². The highest BCUT2D eigenvalue weighted by Crippen LogP contribution is 2.39. The summed E-state index contributed by atoms with van der Waals surface area (Å²) in [6.07, 6.45) is 0. The molecule has 1 heterocycles. The number of rotatable bonds is 7. The summed E-state index contributed by atoms with van der Waals surface area (Å²) in [5, 5.41) is 3.54. The van der Waals surface area contributed by atoms with E-state index in [9.17, 15) is 9.59 Å². The number of halogens is 1. The average Bonchev–Trinajstić information content (AvgIpc) is 3.08. The zero-order valence-corrected chi connectivity index (χ0v) is 19.0. The second-order valence-electron chi connectivity index (χ2n) is 7.07. The number of methoxy groups -OCH3 is 3. The maximum Gasteiger partial charge on any atom is 0.282 e. The third-order valence-corrected chi connectivity index (χ3v) is 5.43. The van der Waals surface area contributed by atoms with Crippen LogP contribution in [-0.2, 0) is 9.59 Å². The molecule has 1 N–H and O–H groups in total. The van der Waals surface area contributed by atoms with Crippen molar-refractivity contribution in [3.8, 4) is 17.2 Å². The van der Waals surface area contributed by atoms with Crippen molar-refractivity contribution in [1.29, 1.82) is 0 Å². The maximum absolute atomic E-state index is 13.6. The van der Waals surface area contributed by atoms with Gasteiger partial charge in [-0.1, -0.05) is 41.9 Å². The van der Waals surface area contributed by atoms with Gasteiger partial charge in [0.05, 0.1) is 38.3 Å². The van der Waals surface area contributed by atoms with E-state index in [1.807, 2.05) is 6.07 Å². The van der Waals surface area contributed by atoms with Crippen LogP contribution in [0, 0.1) is 0 Å². The average molecular weight is 465 g/mol. The Balaban J connectivity index is 1.83.